The number of aldehydes is 1. The average Bonchev–Trinajstić information content (AvgIpc) is 2.59. The van der Waals surface area contributed by atoms with Crippen LogP contribution in [0.1, 0.15) is 54.4 Å². The quantitative estimate of drug-likeness (QED) is 0.147. The van der Waals surface area contributed by atoms with E-state index in [1.165, 1.54) is 13.3 Å². The van der Waals surface area contributed by atoms with Gasteiger partial charge in [-0.1, -0.05) is 51.2 Å². The van der Waals surface area contributed by atoms with Crippen LogP contribution in [0.25, 0.3) is 0 Å². The number of carbonyl (C=O) groups is 1. The molecule has 26 heavy (non-hydrogen) atoms. The van der Waals surface area contributed by atoms with Crippen LogP contribution >= 0.6 is 0 Å². The van der Waals surface area contributed by atoms with Crippen molar-refractivity contribution in [1.82, 2.24) is 0 Å². The molecule has 0 aliphatic heterocycles. The average molecular weight is 365 g/mol. The summed E-state index contributed by atoms with van der Waals surface area (Å²) in [4.78, 5) is 8.81. The predicted molar refractivity (Wildman–Crippen MR) is 115 cm³/mol. The monoisotopic (exact) mass is 364 g/mol. The second kappa shape index (κ2) is 21.2. The minimum absolute atomic E-state index is 0.521. The van der Waals surface area contributed by atoms with Crippen LogP contribution in [0.15, 0.2) is 60.4 Å². The number of methoxy groups -OCH3 is 1. The van der Waals surface area contributed by atoms with Gasteiger partial charge in [-0.05, 0) is 51.7 Å². The molecule has 0 aromatic carbocycles. The Balaban J connectivity index is -0.000000768. The van der Waals surface area contributed by atoms with Crippen LogP contribution < -0.4 is 0 Å². The highest BCUT2D eigenvalue weighted by Gasteiger charge is 2.07. The number of allylic oxidation sites excluding steroid dienone is 5. The van der Waals surface area contributed by atoms with Gasteiger partial charge in [0, 0.05) is 12.7 Å². The Labute approximate surface area is 162 Å². The summed E-state index contributed by atoms with van der Waals surface area (Å²) in [6, 6.07) is 0. The van der Waals surface area contributed by atoms with E-state index in [0.717, 1.165) is 35.2 Å². The fraction of sp³-hybridized carbons (Fsp3) is 0.522. The van der Waals surface area contributed by atoms with E-state index in [-0.39, 0.29) is 0 Å². The smallest absolute Gasteiger partial charge is 0.126 e. The molecule has 0 aromatic rings. The Morgan fingerprint density at radius 2 is 1.65 bits per heavy atom. The summed E-state index contributed by atoms with van der Waals surface area (Å²) in [6.45, 7) is 24.3. The van der Waals surface area contributed by atoms with E-state index < -0.39 is 0 Å². The number of hydrogen-bond acceptors (Lipinski definition) is 3. The normalized spacial score (nSPS) is 11.8. The Hall–Kier alpha value is -1.87. The predicted octanol–water partition coefficient (Wildman–Crippen LogP) is 6.45. The van der Waals surface area contributed by atoms with Crippen molar-refractivity contribution in [3.05, 3.63) is 60.4 Å². The van der Waals surface area contributed by atoms with Crippen LogP contribution in [0.5, 0.6) is 0 Å². The van der Waals surface area contributed by atoms with Crippen molar-refractivity contribution >= 4 is 6.29 Å². The van der Waals surface area contributed by atoms with Crippen molar-refractivity contribution < 1.29 is 14.3 Å². The summed E-state index contributed by atoms with van der Waals surface area (Å²) in [5, 5.41) is 0. The van der Waals surface area contributed by atoms with Gasteiger partial charge in [-0.2, -0.15) is 0 Å². The molecule has 0 radical (unpaired) electrons. The van der Waals surface area contributed by atoms with Gasteiger partial charge >= 0.3 is 0 Å². The molecule has 0 amide bonds. The van der Waals surface area contributed by atoms with Crippen molar-refractivity contribution in [3.8, 4) is 0 Å². The SMILES string of the molecule is C=C(C)/C=C(/OCCOC)C(=C)/C(C)=C/CC(C)CC.C=CC.CC=O. The highest BCUT2D eigenvalue weighted by molar-refractivity contribution is 5.44. The maximum atomic E-state index is 8.81. The zero-order chi connectivity index (χ0) is 21.0. The third kappa shape index (κ3) is 20.2. The van der Waals surface area contributed by atoms with Crippen molar-refractivity contribution in [2.24, 2.45) is 5.92 Å². The molecule has 150 valence electrons. The third-order valence-electron chi connectivity index (χ3n) is 3.22. The van der Waals surface area contributed by atoms with Gasteiger partial charge < -0.3 is 14.3 Å². The molecule has 0 N–H and O–H groups in total. The van der Waals surface area contributed by atoms with Gasteiger partial charge in [0.05, 0.1) is 6.61 Å². The summed E-state index contributed by atoms with van der Waals surface area (Å²) in [6.07, 6.45) is 8.93. The van der Waals surface area contributed by atoms with E-state index in [2.05, 4.69) is 46.6 Å². The number of hydrogen-bond donors (Lipinski definition) is 0. The van der Waals surface area contributed by atoms with Crippen molar-refractivity contribution in [2.45, 2.75) is 54.4 Å². The van der Waals surface area contributed by atoms with Gasteiger partial charge in [0.2, 0.25) is 0 Å². The lowest BCUT2D eigenvalue weighted by Crippen LogP contribution is -2.04. The molecule has 1 atom stereocenters. The Bertz CT molecular complexity index is 450. The first-order valence-corrected chi connectivity index (χ1v) is 9.07. The van der Waals surface area contributed by atoms with Crippen LogP contribution in [0.2, 0.25) is 0 Å². The number of rotatable bonds is 10. The minimum Gasteiger partial charge on any atom is -0.491 e. The maximum absolute atomic E-state index is 8.81. The zero-order valence-corrected chi connectivity index (χ0v) is 18.1. The summed E-state index contributed by atoms with van der Waals surface area (Å²) in [5.41, 5.74) is 3.04. The molecule has 0 aliphatic carbocycles. The van der Waals surface area contributed by atoms with Crippen LogP contribution in [0.3, 0.4) is 0 Å². The minimum atomic E-state index is 0.521. The third-order valence-corrected chi connectivity index (χ3v) is 3.22. The fourth-order valence-corrected chi connectivity index (χ4v) is 1.54. The maximum Gasteiger partial charge on any atom is 0.126 e. The molecule has 0 fully saturated rings. The Kier molecular flexibility index (Phi) is 23.5. The second-order valence-electron chi connectivity index (χ2n) is 5.95. The summed E-state index contributed by atoms with van der Waals surface area (Å²) < 4.78 is 10.8. The van der Waals surface area contributed by atoms with E-state index in [1.807, 2.05) is 19.9 Å². The van der Waals surface area contributed by atoms with E-state index in [1.54, 1.807) is 13.2 Å². The lowest BCUT2D eigenvalue weighted by molar-refractivity contribution is -0.106. The van der Waals surface area contributed by atoms with Gasteiger partial charge in [-0.3, -0.25) is 0 Å². The van der Waals surface area contributed by atoms with Gasteiger partial charge in [-0.15, -0.1) is 6.58 Å². The van der Waals surface area contributed by atoms with Crippen LogP contribution in [0.4, 0.5) is 0 Å². The summed E-state index contributed by atoms with van der Waals surface area (Å²) in [7, 11) is 1.66. The largest absolute Gasteiger partial charge is 0.491 e. The molecule has 3 heteroatoms. The molecule has 3 nitrogen and oxygen atoms in total. The Morgan fingerprint density at radius 3 is 2.04 bits per heavy atom. The molecule has 0 aliphatic rings. The highest BCUT2D eigenvalue weighted by Crippen LogP contribution is 2.21. The van der Waals surface area contributed by atoms with Gasteiger partial charge in [0.25, 0.3) is 0 Å². The summed E-state index contributed by atoms with van der Waals surface area (Å²) >= 11 is 0. The molecule has 0 bridgehead atoms. The van der Waals surface area contributed by atoms with Gasteiger partial charge in [0.1, 0.15) is 18.7 Å². The van der Waals surface area contributed by atoms with E-state index in [4.69, 9.17) is 14.3 Å². The first-order chi connectivity index (χ1) is 12.2. The molecular weight excluding hydrogens is 324 g/mol. The number of ether oxygens (including phenoxy) is 2. The molecule has 0 heterocycles. The topological polar surface area (TPSA) is 35.5 Å². The van der Waals surface area contributed by atoms with Crippen LogP contribution in [-0.2, 0) is 14.3 Å². The molecule has 1 unspecified atom stereocenters. The molecule has 0 aromatic heterocycles. The van der Waals surface area contributed by atoms with Crippen LogP contribution in [0, 0.1) is 5.92 Å². The first-order valence-electron chi connectivity index (χ1n) is 9.07. The first kappa shape index (κ1) is 28.9. The zero-order valence-electron chi connectivity index (χ0n) is 18.1. The lowest BCUT2D eigenvalue weighted by Gasteiger charge is -2.14. The Morgan fingerprint density at radius 1 is 1.15 bits per heavy atom. The van der Waals surface area contributed by atoms with E-state index in [0.29, 0.717) is 19.1 Å². The molecule has 0 rings (SSSR count). The van der Waals surface area contributed by atoms with Gasteiger partial charge in [-0.25, -0.2) is 0 Å². The second-order valence-corrected chi connectivity index (χ2v) is 5.95. The van der Waals surface area contributed by atoms with Gasteiger partial charge in [0.15, 0.2) is 0 Å². The fourth-order valence-electron chi connectivity index (χ4n) is 1.54. The molecular formula is C23H40O3. The lowest BCUT2D eigenvalue weighted by atomic mass is 9.99. The van der Waals surface area contributed by atoms with E-state index in [9.17, 15) is 0 Å². The molecule has 0 saturated heterocycles. The molecule has 0 saturated carbocycles. The van der Waals surface area contributed by atoms with Crippen molar-refractivity contribution in [1.29, 1.82) is 0 Å². The highest BCUT2D eigenvalue weighted by atomic mass is 16.5. The standard InChI is InChI=1S/C18H30O2.C3H6.C2H4O/c1-8-15(4)9-10-16(5)17(6)18(13-14(2)3)20-12-11-19-7;1-3-2;1-2-3/h10,13,15H,2,6,8-9,11-12H2,1,3-5,7H3;3H,1H2,2H3;2H,1H3/b16-10+,18-13+;;. The summed E-state index contributed by atoms with van der Waals surface area (Å²) in [5.74, 6) is 1.48. The van der Waals surface area contributed by atoms with Crippen molar-refractivity contribution in [2.75, 3.05) is 20.3 Å². The van der Waals surface area contributed by atoms with Crippen molar-refractivity contribution in [3.63, 3.8) is 0 Å². The molecule has 0 spiro atoms. The van der Waals surface area contributed by atoms with E-state index >= 15 is 0 Å². The van der Waals surface area contributed by atoms with Crippen LogP contribution in [-0.4, -0.2) is 26.6 Å². The number of carbonyl (C=O) groups excluding carboxylic acids is 1.